The second kappa shape index (κ2) is 9.17. The molecule has 0 radical (unpaired) electrons. The maximum Gasteiger partial charge on any atom is 0.226 e. The van der Waals surface area contributed by atoms with E-state index in [2.05, 4.69) is 5.32 Å². The van der Waals surface area contributed by atoms with E-state index in [-0.39, 0.29) is 12.3 Å². The van der Waals surface area contributed by atoms with E-state index in [1.54, 1.807) is 18.2 Å². The van der Waals surface area contributed by atoms with Crippen molar-refractivity contribution in [2.45, 2.75) is 13.3 Å². The Kier molecular flexibility index (Phi) is 7.46. The van der Waals surface area contributed by atoms with Gasteiger partial charge >= 0.3 is 0 Å². The number of anilines is 2. The molecule has 0 aliphatic rings. The number of carbonyl (C=O) groups excluding carboxylic acids is 1. The van der Waals surface area contributed by atoms with Gasteiger partial charge in [0.1, 0.15) is 5.75 Å². The number of nitrogens with two attached hydrogens (primary N) is 1. The Morgan fingerprint density at radius 2 is 2.00 bits per heavy atom. The van der Waals surface area contributed by atoms with Gasteiger partial charge in [0.15, 0.2) is 0 Å². The lowest BCUT2D eigenvalue weighted by Gasteiger charge is -2.11. The molecular weight excluding hydrogens is 260 g/mol. The molecule has 1 aromatic carbocycles. The van der Waals surface area contributed by atoms with Crippen molar-refractivity contribution in [3.05, 3.63) is 18.2 Å². The minimum absolute atomic E-state index is 0.135. The van der Waals surface area contributed by atoms with Gasteiger partial charge < -0.3 is 25.3 Å². The second-order valence-corrected chi connectivity index (χ2v) is 4.07. The lowest BCUT2D eigenvalue weighted by Crippen LogP contribution is -2.15. The predicted molar refractivity (Wildman–Crippen MR) is 78.0 cm³/mol. The predicted octanol–water partition coefficient (Wildman–Crippen LogP) is 1.66. The number of nitrogens with one attached hydrogen (secondary N) is 1. The van der Waals surface area contributed by atoms with Crippen molar-refractivity contribution in [3.8, 4) is 5.75 Å². The van der Waals surface area contributed by atoms with Crippen LogP contribution in [0, 0.1) is 0 Å². The van der Waals surface area contributed by atoms with Crippen LogP contribution in [0.15, 0.2) is 18.2 Å². The van der Waals surface area contributed by atoms with Crippen LogP contribution in [-0.4, -0.2) is 39.4 Å². The van der Waals surface area contributed by atoms with Crippen LogP contribution >= 0.6 is 0 Å². The molecule has 1 aromatic rings. The summed E-state index contributed by atoms with van der Waals surface area (Å²) in [5, 5.41) is 2.76. The third kappa shape index (κ3) is 5.90. The van der Waals surface area contributed by atoms with E-state index in [1.165, 1.54) is 7.11 Å². The van der Waals surface area contributed by atoms with Crippen LogP contribution in [0.3, 0.4) is 0 Å². The van der Waals surface area contributed by atoms with Gasteiger partial charge in [-0.1, -0.05) is 0 Å². The third-order valence-corrected chi connectivity index (χ3v) is 2.55. The highest BCUT2D eigenvalue weighted by Gasteiger charge is 2.07. The van der Waals surface area contributed by atoms with Crippen LogP contribution in [0.2, 0.25) is 0 Å². The van der Waals surface area contributed by atoms with Crippen molar-refractivity contribution in [1.29, 1.82) is 0 Å². The molecular formula is C14H22N2O4. The maximum atomic E-state index is 11.7. The van der Waals surface area contributed by atoms with Gasteiger partial charge in [0.05, 0.1) is 39.0 Å². The van der Waals surface area contributed by atoms with Gasteiger partial charge in [-0.2, -0.15) is 0 Å². The lowest BCUT2D eigenvalue weighted by molar-refractivity contribution is -0.117. The number of amides is 1. The van der Waals surface area contributed by atoms with Crippen LogP contribution in [0.25, 0.3) is 0 Å². The topological polar surface area (TPSA) is 82.8 Å². The van der Waals surface area contributed by atoms with E-state index in [4.69, 9.17) is 19.9 Å². The first kappa shape index (κ1) is 16.3. The fourth-order valence-electron chi connectivity index (χ4n) is 1.55. The molecule has 112 valence electrons. The van der Waals surface area contributed by atoms with E-state index in [9.17, 15) is 4.79 Å². The fraction of sp³-hybridized carbons (Fsp3) is 0.500. The van der Waals surface area contributed by atoms with Gasteiger partial charge in [-0.3, -0.25) is 4.79 Å². The average Bonchev–Trinajstić information content (AvgIpc) is 2.44. The molecule has 1 rings (SSSR count). The van der Waals surface area contributed by atoms with E-state index < -0.39 is 0 Å². The Hall–Kier alpha value is -1.79. The van der Waals surface area contributed by atoms with Crippen molar-refractivity contribution in [1.82, 2.24) is 0 Å². The summed E-state index contributed by atoms with van der Waals surface area (Å²) in [4.78, 5) is 11.7. The van der Waals surface area contributed by atoms with Gasteiger partial charge in [0.25, 0.3) is 0 Å². The Morgan fingerprint density at radius 3 is 2.70 bits per heavy atom. The zero-order valence-electron chi connectivity index (χ0n) is 12.0. The molecule has 0 atom stereocenters. The zero-order valence-corrected chi connectivity index (χ0v) is 12.0. The van der Waals surface area contributed by atoms with E-state index in [0.717, 1.165) is 0 Å². The molecule has 0 aromatic heterocycles. The fourth-order valence-corrected chi connectivity index (χ4v) is 1.55. The summed E-state index contributed by atoms with van der Waals surface area (Å²) >= 11 is 0. The minimum Gasteiger partial charge on any atom is -0.494 e. The van der Waals surface area contributed by atoms with Crippen molar-refractivity contribution in [2.75, 3.05) is 44.6 Å². The molecule has 0 unspecified atom stereocenters. The number of carbonyl (C=O) groups is 1. The molecule has 0 fully saturated rings. The Balaban J connectivity index is 2.32. The molecule has 0 spiro atoms. The monoisotopic (exact) mass is 282 g/mol. The Labute approximate surface area is 119 Å². The van der Waals surface area contributed by atoms with Crippen LogP contribution in [0.1, 0.15) is 13.3 Å². The highest BCUT2D eigenvalue weighted by Crippen LogP contribution is 2.26. The molecule has 0 saturated carbocycles. The smallest absolute Gasteiger partial charge is 0.226 e. The summed E-state index contributed by atoms with van der Waals surface area (Å²) in [6.45, 7) is 3.99. The standard InChI is InChI=1S/C14H22N2O4/c1-3-19-8-9-20-7-6-14(17)16-12-5-4-11(15)10-13(12)18-2/h4-5,10H,3,6-9,15H2,1-2H3,(H,16,17). The summed E-state index contributed by atoms with van der Waals surface area (Å²) in [5.74, 6) is 0.403. The third-order valence-electron chi connectivity index (χ3n) is 2.55. The van der Waals surface area contributed by atoms with Crippen molar-refractivity contribution < 1.29 is 19.0 Å². The second-order valence-electron chi connectivity index (χ2n) is 4.07. The first-order chi connectivity index (χ1) is 9.67. The summed E-state index contributed by atoms with van der Waals surface area (Å²) in [5.41, 5.74) is 6.83. The number of methoxy groups -OCH3 is 1. The van der Waals surface area contributed by atoms with Crippen LogP contribution in [-0.2, 0) is 14.3 Å². The number of ether oxygens (including phenoxy) is 3. The molecule has 6 nitrogen and oxygen atoms in total. The highest BCUT2D eigenvalue weighted by molar-refractivity contribution is 5.92. The maximum absolute atomic E-state index is 11.7. The molecule has 1 amide bonds. The van der Waals surface area contributed by atoms with Crippen LogP contribution in [0.4, 0.5) is 11.4 Å². The van der Waals surface area contributed by atoms with Gasteiger partial charge in [0, 0.05) is 18.4 Å². The summed E-state index contributed by atoms with van der Waals surface area (Å²) in [7, 11) is 1.53. The summed E-state index contributed by atoms with van der Waals surface area (Å²) < 4.78 is 15.6. The number of hydrogen-bond donors (Lipinski definition) is 2. The molecule has 0 saturated heterocycles. The lowest BCUT2D eigenvalue weighted by atomic mass is 10.2. The Bertz CT molecular complexity index is 424. The molecule has 3 N–H and O–H groups in total. The molecule has 0 bridgehead atoms. The molecule has 0 aliphatic carbocycles. The van der Waals surface area contributed by atoms with Crippen LogP contribution in [0.5, 0.6) is 5.75 Å². The highest BCUT2D eigenvalue weighted by atomic mass is 16.5. The van der Waals surface area contributed by atoms with Crippen LogP contribution < -0.4 is 15.8 Å². The largest absolute Gasteiger partial charge is 0.494 e. The van der Waals surface area contributed by atoms with Gasteiger partial charge in [0.2, 0.25) is 5.91 Å². The summed E-state index contributed by atoms with van der Waals surface area (Å²) in [6, 6.07) is 5.08. The molecule has 0 aliphatic heterocycles. The first-order valence-electron chi connectivity index (χ1n) is 6.56. The number of nitrogen functional groups attached to an aromatic ring is 1. The molecule has 6 heteroatoms. The van der Waals surface area contributed by atoms with Gasteiger partial charge in [-0.25, -0.2) is 0 Å². The SMILES string of the molecule is CCOCCOCCC(=O)Nc1ccc(N)cc1OC. The quantitative estimate of drug-likeness (QED) is 0.531. The van der Waals surface area contributed by atoms with Crippen molar-refractivity contribution >= 4 is 17.3 Å². The van der Waals surface area contributed by atoms with Crippen molar-refractivity contribution in [3.63, 3.8) is 0 Å². The number of rotatable bonds is 9. The zero-order chi connectivity index (χ0) is 14.8. The van der Waals surface area contributed by atoms with E-state index in [1.807, 2.05) is 6.92 Å². The Morgan fingerprint density at radius 1 is 1.25 bits per heavy atom. The average molecular weight is 282 g/mol. The number of benzene rings is 1. The van der Waals surface area contributed by atoms with E-state index >= 15 is 0 Å². The minimum atomic E-state index is -0.135. The van der Waals surface area contributed by atoms with Crippen molar-refractivity contribution in [2.24, 2.45) is 0 Å². The first-order valence-corrected chi connectivity index (χ1v) is 6.56. The normalized spacial score (nSPS) is 10.3. The van der Waals surface area contributed by atoms with Gasteiger partial charge in [-0.15, -0.1) is 0 Å². The molecule has 20 heavy (non-hydrogen) atoms. The number of hydrogen-bond acceptors (Lipinski definition) is 5. The summed E-state index contributed by atoms with van der Waals surface area (Å²) in [6.07, 6.45) is 0.277. The molecule has 0 heterocycles. The van der Waals surface area contributed by atoms with E-state index in [0.29, 0.717) is 43.6 Å². The van der Waals surface area contributed by atoms with Gasteiger partial charge in [-0.05, 0) is 19.1 Å².